The number of aromatic amines is 2. The van der Waals surface area contributed by atoms with Crippen LogP contribution in [-0.4, -0.2) is 16.5 Å². The van der Waals surface area contributed by atoms with Gasteiger partial charge >= 0.3 is 5.69 Å². The largest absolute Gasteiger partial charge is 0.326 e. The van der Waals surface area contributed by atoms with E-state index < -0.39 is 5.69 Å². The van der Waals surface area contributed by atoms with Crippen molar-refractivity contribution in [2.45, 2.75) is 18.9 Å². The van der Waals surface area contributed by atoms with E-state index in [1.807, 2.05) is 0 Å². The molecule has 6 heteroatoms. The van der Waals surface area contributed by atoms with Crippen LogP contribution >= 0.6 is 15.9 Å². The molecule has 2 heterocycles. The molecule has 0 unspecified atom stereocenters. The Bertz CT molecular complexity index is 445. The van der Waals surface area contributed by atoms with Gasteiger partial charge in [0.1, 0.15) is 4.47 Å². The minimum atomic E-state index is -0.457. The fraction of sp³-hybridized carbons (Fsp3) is 0.500. The van der Waals surface area contributed by atoms with Gasteiger partial charge in [0.25, 0.3) is 5.56 Å². The maximum absolute atomic E-state index is 11.3. The van der Waals surface area contributed by atoms with Gasteiger partial charge in [0, 0.05) is 6.04 Å². The van der Waals surface area contributed by atoms with E-state index in [2.05, 4.69) is 31.2 Å². The van der Waals surface area contributed by atoms with Crippen LogP contribution in [0.3, 0.4) is 0 Å². The van der Waals surface area contributed by atoms with Crippen molar-refractivity contribution in [1.82, 2.24) is 15.3 Å². The van der Waals surface area contributed by atoms with E-state index in [1.54, 1.807) is 0 Å². The topological polar surface area (TPSA) is 77.8 Å². The second kappa shape index (κ2) is 3.70. The number of rotatable bonds is 1. The molecule has 0 spiro atoms. The molecule has 1 atom stereocenters. The van der Waals surface area contributed by atoms with Crippen molar-refractivity contribution in [2.24, 2.45) is 0 Å². The lowest BCUT2D eigenvalue weighted by atomic mass is 10.1. The van der Waals surface area contributed by atoms with Crippen LogP contribution in [0.4, 0.5) is 0 Å². The number of aromatic nitrogens is 2. The molecule has 0 amide bonds. The standard InChI is InChI=1S/C8H10BrN3O2/c9-5-6(4-2-1-3-10-4)11-8(14)12-7(5)13/h4,10H,1-3H2,(H2,11,12,13,14)/t4-/m0/s1. The minimum absolute atomic E-state index is 0.0828. The monoisotopic (exact) mass is 259 g/mol. The Hall–Kier alpha value is -0.880. The van der Waals surface area contributed by atoms with Gasteiger partial charge in [-0.15, -0.1) is 0 Å². The molecule has 2 rings (SSSR count). The number of halogens is 1. The Balaban J connectivity index is 2.51. The normalized spacial score (nSPS) is 21.4. The molecule has 0 saturated carbocycles. The molecule has 1 aliphatic heterocycles. The van der Waals surface area contributed by atoms with Crippen LogP contribution in [0, 0.1) is 0 Å². The highest BCUT2D eigenvalue weighted by Crippen LogP contribution is 2.24. The molecule has 1 aliphatic rings. The molecule has 0 radical (unpaired) electrons. The highest BCUT2D eigenvalue weighted by Gasteiger charge is 2.20. The van der Waals surface area contributed by atoms with Gasteiger partial charge in [0.15, 0.2) is 0 Å². The first-order chi connectivity index (χ1) is 6.68. The summed E-state index contributed by atoms with van der Waals surface area (Å²) in [5.41, 5.74) is -0.185. The molecule has 14 heavy (non-hydrogen) atoms. The predicted molar refractivity (Wildman–Crippen MR) is 55.4 cm³/mol. The van der Waals surface area contributed by atoms with Crippen LogP contribution < -0.4 is 16.6 Å². The summed E-state index contributed by atoms with van der Waals surface area (Å²) in [6.07, 6.45) is 2.00. The quantitative estimate of drug-likeness (QED) is 0.677. The minimum Gasteiger partial charge on any atom is -0.309 e. The zero-order valence-corrected chi connectivity index (χ0v) is 8.98. The average molecular weight is 260 g/mol. The Morgan fingerprint density at radius 2 is 2.07 bits per heavy atom. The maximum Gasteiger partial charge on any atom is 0.326 e. The molecule has 5 nitrogen and oxygen atoms in total. The van der Waals surface area contributed by atoms with E-state index in [-0.39, 0.29) is 11.6 Å². The van der Waals surface area contributed by atoms with Crippen molar-refractivity contribution in [2.75, 3.05) is 6.54 Å². The molecule has 0 bridgehead atoms. The van der Waals surface area contributed by atoms with Gasteiger partial charge in [-0.05, 0) is 35.3 Å². The van der Waals surface area contributed by atoms with Crippen LogP contribution in [0.25, 0.3) is 0 Å². The molecular weight excluding hydrogens is 250 g/mol. The van der Waals surface area contributed by atoms with Crippen LogP contribution in [0.5, 0.6) is 0 Å². The van der Waals surface area contributed by atoms with E-state index in [1.165, 1.54) is 0 Å². The third-order valence-electron chi connectivity index (χ3n) is 2.32. The first-order valence-electron chi connectivity index (χ1n) is 4.44. The highest BCUT2D eigenvalue weighted by atomic mass is 79.9. The Labute approximate surface area is 88.1 Å². The van der Waals surface area contributed by atoms with Gasteiger partial charge in [-0.25, -0.2) is 4.79 Å². The summed E-state index contributed by atoms with van der Waals surface area (Å²) in [6.45, 7) is 0.923. The number of hydrogen-bond acceptors (Lipinski definition) is 3. The smallest absolute Gasteiger partial charge is 0.309 e. The van der Waals surface area contributed by atoms with E-state index >= 15 is 0 Å². The van der Waals surface area contributed by atoms with Crippen molar-refractivity contribution in [3.05, 3.63) is 31.0 Å². The first kappa shape index (κ1) is 9.67. The van der Waals surface area contributed by atoms with E-state index in [0.717, 1.165) is 19.4 Å². The van der Waals surface area contributed by atoms with E-state index in [9.17, 15) is 9.59 Å². The lowest BCUT2D eigenvalue weighted by molar-refractivity contribution is 0.616. The van der Waals surface area contributed by atoms with Crippen LogP contribution in [0.15, 0.2) is 14.1 Å². The molecule has 0 aromatic carbocycles. The van der Waals surface area contributed by atoms with Crippen LogP contribution in [0.1, 0.15) is 24.6 Å². The van der Waals surface area contributed by atoms with Crippen molar-refractivity contribution in [3.8, 4) is 0 Å². The predicted octanol–water partition coefficient (Wildman–Crippen LogP) is 0.250. The molecular formula is C8H10BrN3O2. The number of H-pyrrole nitrogens is 2. The van der Waals surface area contributed by atoms with Crippen molar-refractivity contribution in [1.29, 1.82) is 0 Å². The molecule has 1 saturated heterocycles. The lowest BCUT2D eigenvalue weighted by Gasteiger charge is -2.10. The third kappa shape index (κ3) is 1.67. The summed E-state index contributed by atoms with van der Waals surface area (Å²) in [4.78, 5) is 27.1. The van der Waals surface area contributed by atoms with Gasteiger partial charge in [0.05, 0.1) is 5.69 Å². The molecule has 1 aromatic rings. The Morgan fingerprint density at radius 1 is 1.29 bits per heavy atom. The van der Waals surface area contributed by atoms with Gasteiger partial charge in [-0.2, -0.15) is 0 Å². The van der Waals surface area contributed by atoms with E-state index in [0.29, 0.717) is 10.2 Å². The van der Waals surface area contributed by atoms with Gasteiger partial charge in [-0.1, -0.05) is 0 Å². The van der Waals surface area contributed by atoms with Crippen LogP contribution in [-0.2, 0) is 0 Å². The zero-order chi connectivity index (χ0) is 10.1. The van der Waals surface area contributed by atoms with Crippen molar-refractivity contribution >= 4 is 15.9 Å². The summed E-state index contributed by atoms with van der Waals surface area (Å²) >= 11 is 3.17. The zero-order valence-electron chi connectivity index (χ0n) is 7.39. The fourth-order valence-electron chi connectivity index (χ4n) is 1.66. The molecule has 0 aliphatic carbocycles. The molecule has 1 aromatic heterocycles. The second-order valence-electron chi connectivity index (χ2n) is 3.28. The Kier molecular flexibility index (Phi) is 2.56. The summed E-state index contributed by atoms with van der Waals surface area (Å²) in [7, 11) is 0. The molecule has 76 valence electrons. The molecule has 3 N–H and O–H groups in total. The SMILES string of the molecule is O=c1[nH]c([C@@H]2CCCN2)c(Br)c(=O)[nH]1. The number of nitrogens with one attached hydrogen (secondary N) is 3. The average Bonchev–Trinajstić information content (AvgIpc) is 2.63. The first-order valence-corrected chi connectivity index (χ1v) is 5.23. The van der Waals surface area contributed by atoms with Crippen molar-refractivity contribution < 1.29 is 0 Å². The van der Waals surface area contributed by atoms with Crippen LogP contribution in [0.2, 0.25) is 0 Å². The molecule has 1 fully saturated rings. The summed E-state index contributed by atoms with van der Waals surface area (Å²) < 4.78 is 0.413. The highest BCUT2D eigenvalue weighted by molar-refractivity contribution is 9.10. The summed E-state index contributed by atoms with van der Waals surface area (Å²) in [5.74, 6) is 0. The second-order valence-corrected chi connectivity index (χ2v) is 4.08. The van der Waals surface area contributed by atoms with Gasteiger partial charge in [-0.3, -0.25) is 9.78 Å². The van der Waals surface area contributed by atoms with E-state index in [4.69, 9.17) is 0 Å². The Morgan fingerprint density at radius 3 is 2.71 bits per heavy atom. The summed E-state index contributed by atoms with van der Waals surface area (Å²) in [5, 5.41) is 3.22. The fourth-order valence-corrected chi connectivity index (χ4v) is 2.13. The van der Waals surface area contributed by atoms with Gasteiger partial charge < -0.3 is 10.3 Å². The lowest BCUT2D eigenvalue weighted by Crippen LogP contribution is -2.28. The van der Waals surface area contributed by atoms with Gasteiger partial charge in [0.2, 0.25) is 0 Å². The summed E-state index contributed by atoms with van der Waals surface area (Å²) in [6, 6.07) is 0.0828. The third-order valence-corrected chi connectivity index (χ3v) is 3.11. The van der Waals surface area contributed by atoms with Crippen molar-refractivity contribution in [3.63, 3.8) is 0 Å². The number of hydrogen-bond donors (Lipinski definition) is 3. The maximum atomic E-state index is 11.3.